The number of para-hydroxylation sites is 1. The van der Waals surface area contributed by atoms with Crippen molar-refractivity contribution in [2.75, 3.05) is 0 Å². The minimum absolute atomic E-state index is 0.0409. The van der Waals surface area contributed by atoms with Gasteiger partial charge in [0, 0.05) is 24.9 Å². The van der Waals surface area contributed by atoms with E-state index in [-0.39, 0.29) is 23.6 Å². The van der Waals surface area contributed by atoms with Gasteiger partial charge < -0.3 is 4.90 Å². The van der Waals surface area contributed by atoms with Crippen LogP contribution in [-0.2, 0) is 17.8 Å². The van der Waals surface area contributed by atoms with Gasteiger partial charge in [-0.25, -0.2) is 4.98 Å². The molecule has 1 saturated carbocycles. The monoisotopic (exact) mass is 323 g/mol. The summed E-state index contributed by atoms with van der Waals surface area (Å²) in [4.78, 5) is 32.6. The SMILES string of the molecule is O=C(C1CCC1)N1[C@@H]2CC[C@@H]1Cn1c(nc3ccccc3c1=O)C2. The van der Waals surface area contributed by atoms with Gasteiger partial charge in [-0.15, -0.1) is 0 Å². The zero-order chi connectivity index (χ0) is 16.3. The molecular formula is C19H21N3O2. The van der Waals surface area contributed by atoms with Gasteiger partial charge in [-0.05, 0) is 37.8 Å². The number of benzene rings is 1. The number of carbonyl (C=O) groups is 1. The molecule has 1 amide bonds. The second-order valence-electron chi connectivity index (χ2n) is 7.42. The smallest absolute Gasteiger partial charge is 0.261 e. The van der Waals surface area contributed by atoms with Crippen LogP contribution in [0.4, 0.5) is 0 Å². The van der Waals surface area contributed by atoms with Crippen LogP contribution in [0.25, 0.3) is 10.9 Å². The number of rotatable bonds is 1. The number of fused-ring (bicyclic) bond motifs is 4. The summed E-state index contributed by atoms with van der Waals surface area (Å²) in [5.41, 5.74) is 0.808. The zero-order valence-corrected chi connectivity index (χ0v) is 13.6. The van der Waals surface area contributed by atoms with E-state index in [1.807, 2.05) is 28.8 Å². The summed E-state index contributed by atoms with van der Waals surface area (Å²) in [6, 6.07) is 7.92. The van der Waals surface area contributed by atoms with E-state index in [2.05, 4.69) is 4.90 Å². The molecule has 5 rings (SSSR count). The fourth-order valence-corrected chi connectivity index (χ4v) is 4.55. The molecule has 0 radical (unpaired) electrons. The van der Waals surface area contributed by atoms with Crippen LogP contribution in [0.2, 0.25) is 0 Å². The van der Waals surface area contributed by atoms with Crippen molar-refractivity contribution in [1.29, 1.82) is 0 Å². The Balaban J connectivity index is 1.58. The molecule has 0 spiro atoms. The molecule has 3 aliphatic rings. The van der Waals surface area contributed by atoms with Crippen LogP contribution in [0.1, 0.15) is 37.9 Å². The predicted octanol–water partition coefficient (Wildman–Crippen LogP) is 2.11. The summed E-state index contributed by atoms with van der Waals surface area (Å²) in [6.07, 6.45) is 5.97. The molecule has 1 saturated heterocycles. The second kappa shape index (κ2) is 5.16. The molecule has 3 heterocycles. The van der Waals surface area contributed by atoms with Crippen LogP contribution in [0.15, 0.2) is 29.1 Å². The molecule has 0 unspecified atom stereocenters. The fraction of sp³-hybridized carbons (Fsp3) is 0.526. The van der Waals surface area contributed by atoms with Crippen LogP contribution in [-0.4, -0.2) is 32.4 Å². The van der Waals surface area contributed by atoms with E-state index in [4.69, 9.17) is 4.98 Å². The van der Waals surface area contributed by atoms with Gasteiger partial charge in [-0.1, -0.05) is 18.6 Å². The van der Waals surface area contributed by atoms with Gasteiger partial charge in [0.1, 0.15) is 5.82 Å². The Kier molecular flexibility index (Phi) is 3.05. The average Bonchev–Trinajstić information content (AvgIpc) is 2.82. The summed E-state index contributed by atoms with van der Waals surface area (Å²) in [6.45, 7) is 0.598. The molecule has 2 aromatic rings. The number of amides is 1. The Morgan fingerprint density at radius 2 is 1.88 bits per heavy atom. The van der Waals surface area contributed by atoms with Crippen molar-refractivity contribution in [3.8, 4) is 0 Å². The topological polar surface area (TPSA) is 55.2 Å². The highest BCUT2D eigenvalue weighted by atomic mass is 16.2. The minimum atomic E-state index is 0.0409. The Morgan fingerprint density at radius 1 is 1.08 bits per heavy atom. The molecule has 2 atom stereocenters. The van der Waals surface area contributed by atoms with E-state index >= 15 is 0 Å². The molecule has 0 N–H and O–H groups in total. The lowest BCUT2D eigenvalue weighted by molar-refractivity contribution is -0.141. The van der Waals surface area contributed by atoms with Gasteiger partial charge in [-0.2, -0.15) is 0 Å². The van der Waals surface area contributed by atoms with Gasteiger partial charge in [0.2, 0.25) is 5.91 Å². The largest absolute Gasteiger partial charge is 0.334 e. The highest BCUT2D eigenvalue weighted by Crippen LogP contribution is 2.36. The highest BCUT2D eigenvalue weighted by Gasteiger charge is 2.43. The van der Waals surface area contributed by atoms with Crippen LogP contribution in [0.5, 0.6) is 0 Å². The van der Waals surface area contributed by atoms with Gasteiger partial charge in [-0.3, -0.25) is 14.2 Å². The average molecular weight is 323 g/mol. The van der Waals surface area contributed by atoms with E-state index in [1.165, 1.54) is 6.42 Å². The first-order valence-electron chi connectivity index (χ1n) is 9.03. The van der Waals surface area contributed by atoms with Gasteiger partial charge in [0.25, 0.3) is 5.56 Å². The zero-order valence-electron chi connectivity index (χ0n) is 13.6. The third-order valence-corrected chi connectivity index (χ3v) is 6.08. The molecule has 24 heavy (non-hydrogen) atoms. The number of nitrogens with zero attached hydrogens (tertiary/aromatic N) is 3. The number of aromatic nitrogens is 2. The maximum absolute atomic E-state index is 12.9. The van der Waals surface area contributed by atoms with Crippen molar-refractivity contribution in [2.24, 2.45) is 5.92 Å². The van der Waals surface area contributed by atoms with Crippen LogP contribution >= 0.6 is 0 Å². The summed E-state index contributed by atoms with van der Waals surface area (Å²) >= 11 is 0. The molecular weight excluding hydrogens is 302 g/mol. The van der Waals surface area contributed by atoms with Crippen molar-refractivity contribution in [2.45, 2.75) is 57.2 Å². The van der Waals surface area contributed by atoms with E-state index in [0.29, 0.717) is 24.3 Å². The molecule has 1 aromatic heterocycles. The van der Waals surface area contributed by atoms with Crippen molar-refractivity contribution in [3.05, 3.63) is 40.4 Å². The lowest BCUT2D eigenvalue weighted by Gasteiger charge is -2.35. The van der Waals surface area contributed by atoms with E-state index < -0.39 is 0 Å². The number of hydrogen-bond acceptors (Lipinski definition) is 3. The first kappa shape index (κ1) is 14.2. The summed E-state index contributed by atoms with van der Waals surface area (Å²) in [5, 5.41) is 0.677. The van der Waals surface area contributed by atoms with Crippen molar-refractivity contribution in [1.82, 2.24) is 14.5 Å². The van der Waals surface area contributed by atoms with Gasteiger partial charge in [0.05, 0.1) is 16.9 Å². The normalized spacial score (nSPS) is 26.1. The molecule has 5 nitrogen and oxygen atoms in total. The fourth-order valence-electron chi connectivity index (χ4n) is 4.55. The first-order valence-corrected chi connectivity index (χ1v) is 9.03. The summed E-state index contributed by atoms with van der Waals surface area (Å²) in [7, 11) is 0. The second-order valence-corrected chi connectivity index (χ2v) is 7.42. The maximum atomic E-state index is 12.9. The van der Waals surface area contributed by atoms with Crippen molar-refractivity contribution in [3.63, 3.8) is 0 Å². The van der Waals surface area contributed by atoms with Crippen LogP contribution < -0.4 is 5.56 Å². The van der Waals surface area contributed by atoms with Crippen LogP contribution in [0.3, 0.4) is 0 Å². The molecule has 124 valence electrons. The minimum Gasteiger partial charge on any atom is -0.334 e. The standard InChI is InChI=1S/C19H21N3O2/c23-18(12-4-3-5-12)22-13-8-9-14(22)11-21-17(10-13)20-16-7-2-1-6-15(16)19(21)24/h1-2,6-7,12-14H,3-5,8-11H2/t13-,14-/m1/s1. The predicted molar refractivity (Wildman–Crippen MR) is 90.7 cm³/mol. The third kappa shape index (κ3) is 1.96. The molecule has 1 aliphatic carbocycles. The summed E-state index contributed by atoms with van der Waals surface area (Å²) in [5.74, 6) is 1.38. The van der Waals surface area contributed by atoms with Crippen LogP contribution in [0, 0.1) is 5.92 Å². The highest BCUT2D eigenvalue weighted by molar-refractivity contribution is 5.81. The van der Waals surface area contributed by atoms with Gasteiger partial charge in [0.15, 0.2) is 0 Å². The molecule has 2 aliphatic heterocycles. The lowest BCUT2D eigenvalue weighted by atomic mass is 9.84. The van der Waals surface area contributed by atoms with E-state index in [0.717, 1.165) is 37.0 Å². The Labute approximate surface area is 140 Å². The summed E-state index contributed by atoms with van der Waals surface area (Å²) < 4.78 is 1.83. The molecule has 2 bridgehead atoms. The van der Waals surface area contributed by atoms with Crippen molar-refractivity contribution >= 4 is 16.8 Å². The number of carbonyl (C=O) groups excluding carboxylic acids is 1. The van der Waals surface area contributed by atoms with Crippen molar-refractivity contribution < 1.29 is 4.79 Å². The third-order valence-electron chi connectivity index (χ3n) is 6.08. The Bertz CT molecular complexity index is 884. The quantitative estimate of drug-likeness (QED) is 0.808. The Hall–Kier alpha value is -2.17. The molecule has 5 heteroatoms. The Morgan fingerprint density at radius 3 is 2.67 bits per heavy atom. The lowest BCUT2D eigenvalue weighted by Crippen LogP contribution is -2.46. The molecule has 2 fully saturated rings. The van der Waals surface area contributed by atoms with Gasteiger partial charge >= 0.3 is 0 Å². The van der Waals surface area contributed by atoms with E-state index in [9.17, 15) is 9.59 Å². The van der Waals surface area contributed by atoms with E-state index in [1.54, 1.807) is 0 Å². The first-order chi connectivity index (χ1) is 11.7. The maximum Gasteiger partial charge on any atom is 0.261 e. The molecule has 1 aromatic carbocycles. The number of hydrogen-bond donors (Lipinski definition) is 0.